The van der Waals surface area contributed by atoms with Gasteiger partial charge in [-0.3, -0.25) is 5.41 Å². The number of aromatic nitrogens is 3. The summed E-state index contributed by atoms with van der Waals surface area (Å²) >= 11 is 0. The second kappa shape index (κ2) is 15.6. The molecule has 1 aliphatic heterocycles. The Labute approximate surface area is 360 Å². The van der Waals surface area contributed by atoms with Crippen molar-refractivity contribution >= 4 is 50.6 Å². The number of benzene rings is 8. The van der Waals surface area contributed by atoms with Crippen LogP contribution >= 0.6 is 0 Å². The van der Waals surface area contributed by atoms with Gasteiger partial charge < -0.3 is 9.88 Å². The third kappa shape index (κ3) is 6.68. The summed E-state index contributed by atoms with van der Waals surface area (Å²) in [5.74, 6) is 0.658. The van der Waals surface area contributed by atoms with Crippen LogP contribution in [0.15, 0.2) is 218 Å². The Balaban J connectivity index is 1.02. The van der Waals surface area contributed by atoms with Crippen molar-refractivity contribution in [3.63, 3.8) is 0 Å². The Kier molecular flexibility index (Phi) is 9.25. The summed E-state index contributed by atoms with van der Waals surface area (Å²) in [6.07, 6.45) is 2.19. The standard InChI is InChI=1S/C57H39N5/c58-55(42-18-6-2-7-19-42)54(56-46-23-11-10-22-44(46)36-49(59-56)38-16-4-1-5-17-38)41-30-28-39(29-31-41)50-37-51(61-57(60-50)43-20-8-3-9-21-43)40-32-34-45(35-33-40)62-52-26-14-12-24-47(52)48-25-13-15-27-53(48)62/h1-37,58-59H/b56-54-,58-55?. The number of hydrogen-bond donors (Lipinski definition) is 2. The van der Waals surface area contributed by atoms with Gasteiger partial charge in [0.1, 0.15) is 0 Å². The Morgan fingerprint density at radius 1 is 0.452 bits per heavy atom. The highest BCUT2D eigenvalue weighted by Gasteiger charge is 2.24. The second-order valence-electron chi connectivity index (χ2n) is 15.4. The molecule has 2 N–H and O–H groups in total. The Hall–Kier alpha value is -8.41. The smallest absolute Gasteiger partial charge is 0.160 e. The van der Waals surface area contributed by atoms with E-state index < -0.39 is 0 Å². The summed E-state index contributed by atoms with van der Waals surface area (Å²) in [7, 11) is 0. The van der Waals surface area contributed by atoms with E-state index in [0.29, 0.717) is 11.5 Å². The van der Waals surface area contributed by atoms with Crippen molar-refractivity contribution in [3.05, 3.63) is 246 Å². The molecule has 0 saturated carbocycles. The largest absolute Gasteiger partial charge is 0.354 e. The lowest BCUT2D eigenvalue weighted by Gasteiger charge is -2.26. The molecule has 0 unspecified atom stereocenters. The monoisotopic (exact) mass is 793 g/mol. The number of fused-ring (bicyclic) bond motifs is 4. The van der Waals surface area contributed by atoms with Gasteiger partial charge in [0, 0.05) is 55.5 Å². The number of allylic oxidation sites excluding steroid dienone is 1. The van der Waals surface area contributed by atoms with Crippen molar-refractivity contribution in [2.24, 2.45) is 0 Å². The minimum absolute atomic E-state index is 0.435. The van der Waals surface area contributed by atoms with E-state index in [1.54, 1.807) is 0 Å². The maximum atomic E-state index is 9.74. The molecule has 0 saturated heterocycles. The molecule has 0 radical (unpaired) electrons. The first-order valence-corrected chi connectivity index (χ1v) is 20.8. The highest BCUT2D eigenvalue weighted by Crippen LogP contribution is 2.38. The zero-order valence-corrected chi connectivity index (χ0v) is 33.7. The first-order chi connectivity index (χ1) is 30.7. The van der Waals surface area contributed by atoms with Crippen LogP contribution in [-0.2, 0) is 0 Å². The van der Waals surface area contributed by atoms with E-state index in [9.17, 15) is 5.41 Å². The molecule has 0 aliphatic carbocycles. The lowest BCUT2D eigenvalue weighted by molar-refractivity contribution is 1.17. The quantitative estimate of drug-likeness (QED) is 0.151. The van der Waals surface area contributed by atoms with Gasteiger partial charge in [-0.15, -0.1) is 0 Å². The molecule has 8 aromatic carbocycles. The van der Waals surface area contributed by atoms with Gasteiger partial charge in [-0.2, -0.15) is 0 Å². The highest BCUT2D eigenvalue weighted by atomic mass is 15.0. The molecule has 2 aromatic heterocycles. The first-order valence-electron chi connectivity index (χ1n) is 20.8. The summed E-state index contributed by atoms with van der Waals surface area (Å²) in [6, 6.07) is 75.3. The van der Waals surface area contributed by atoms with Crippen LogP contribution in [0.2, 0.25) is 0 Å². The summed E-state index contributed by atoms with van der Waals surface area (Å²) in [4.78, 5) is 10.3. The average Bonchev–Trinajstić information content (AvgIpc) is 3.69. The Morgan fingerprint density at radius 3 is 1.60 bits per heavy atom. The van der Waals surface area contributed by atoms with E-state index >= 15 is 0 Å². The molecule has 3 heterocycles. The van der Waals surface area contributed by atoms with E-state index in [2.05, 4.69) is 180 Å². The van der Waals surface area contributed by atoms with Gasteiger partial charge >= 0.3 is 0 Å². The molecule has 0 atom stereocenters. The van der Waals surface area contributed by atoms with Crippen molar-refractivity contribution in [3.8, 4) is 39.6 Å². The predicted octanol–water partition coefficient (Wildman–Crippen LogP) is 13.6. The minimum atomic E-state index is 0.435. The molecular weight excluding hydrogens is 755 g/mol. The van der Waals surface area contributed by atoms with Gasteiger partial charge in [0.05, 0.1) is 33.8 Å². The molecule has 5 nitrogen and oxygen atoms in total. The van der Waals surface area contributed by atoms with Gasteiger partial charge in [0.15, 0.2) is 5.82 Å². The van der Waals surface area contributed by atoms with Crippen LogP contribution in [0, 0.1) is 5.41 Å². The fraction of sp³-hybridized carbons (Fsp3) is 0. The van der Waals surface area contributed by atoms with Gasteiger partial charge in [-0.25, -0.2) is 9.97 Å². The number of nitrogens with one attached hydrogen (secondary N) is 2. The Bertz CT molecular complexity index is 3290. The van der Waals surface area contributed by atoms with E-state index in [4.69, 9.17) is 9.97 Å². The summed E-state index contributed by atoms with van der Waals surface area (Å²) < 4.78 is 2.33. The SMILES string of the molecule is N=C(/C(=C1\NC(c2ccccc2)=Cc2ccccc21)c1ccc(-c2cc(-c3ccc(-n4c5ccccc5c5ccccc54)cc3)nc(-c3ccccc3)n2)cc1)c1ccccc1. The molecule has 1 aliphatic rings. The van der Waals surface area contributed by atoms with E-state index in [-0.39, 0.29) is 0 Å². The van der Waals surface area contributed by atoms with Crippen molar-refractivity contribution in [2.45, 2.75) is 0 Å². The molecule has 0 spiro atoms. The normalized spacial score (nSPS) is 13.0. The molecule has 11 rings (SSSR count). The molecule has 292 valence electrons. The average molecular weight is 794 g/mol. The van der Waals surface area contributed by atoms with E-state index in [1.165, 1.54) is 21.8 Å². The summed E-state index contributed by atoms with van der Waals surface area (Å²) in [6.45, 7) is 0. The third-order valence-corrected chi connectivity index (χ3v) is 11.7. The van der Waals surface area contributed by atoms with Crippen molar-refractivity contribution in [1.29, 1.82) is 5.41 Å². The van der Waals surface area contributed by atoms with Crippen LogP contribution < -0.4 is 5.32 Å². The van der Waals surface area contributed by atoms with Crippen LogP contribution in [0.1, 0.15) is 27.8 Å². The topological polar surface area (TPSA) is 66.6 Å². The van der Waals surface area contributed by atoms with Gasteiger partial charge in [0.25, 0.3) is 0 Å². The number of hydrogen-bond acceptors (Lipinski definition) is 4. The van der Waals surface area contributed by atoms with E-state index in [0.717, 1.165) is 78.6 Å². The third-order valence-electron chi connectivity index (χ3n) is 11.7. The molecule has 62 heavy (non-hydrogen) atoms. The van der Waals surface area contributed by atoms with Gasteiger partial charge in [-0.1, -0.05) is 188 Å². The maximum absolute atomic E-state index is 9.74. The first kappa shape index (κ1) is 36.7. The zero-order chi connectivity index (χ0) is 41.4. The number of rotatable bonds is 8. The molecular formula is C57H39N5. The van der Waals surface area contributed by atoms with Crippen molar-refractivity contribution < 1.29 is 0 Å². The van der Waals surface area contributed by atoms with E-state index in [1.807, 2.05) is 54.6 Å². The maximum Gasteiger partial charge on any atom is 0.160 e. The summed E-state index contributed by atoms with van der Waals surface area (Å²) in [5, 5.41) is 16.0. The zero-order valence-electron chi connectivity index (χ0n) is 33.7. The van der Waals surface area contributed by atoms with Crippen LogP contribution in [0.3, 0.4) is 0 Å². The van der Waals surface area contributed by atoms with Crippen LogP contribution in [0.5, 0.6) is 0 Å². The predicted molar refractivity (Wildman–Crippen MR) is 257 cm³/mol. The van der Waals surface area contributed by atoms with Crippen LogP contribution in [0.25, 0.3) is 84.4 Å². The minimum Gasteiger partial charge on any atom is -0.354 e. The lowest BCUT2D eigenvalue weighted by Crippen LogP contribution is -2.20. The molecule has 0 amide bonds. The fourth-order valence-corrected chi connectivity index (χ4v) is 8.63. The van der Waals surface area contributed by atoms with Gasteiger partial charge in [0.2, 0.25) is 0 Å². The van der Waals surface area contributed by atoms with Crippen molar-refractivity contribution in [2.75, 3.05) is 0 Å². The molecule has 5 heteroatoms. The number of para-hydroxylation sites is 2. The van der Waals surface area contributed by atoms with Gasteiger partial charge in [-0.05, 0) is 53.1 Å². The summed E-state index contributed by atoms with van der Waals surface area (Å²) in [5.41, 5.74) is 16.1. The van der Waals surface area contributed by atoms with Crippen LogP contribution in [-0.4, -0.2) is 20.2 Å². The van der Waals surface area contributed by atoms with Crippen molar-refractivity contribution in [1.82, 2.24) is 19.9 Å². The lowest BCUT2D eigenvalue weighted by atomic mass is 9.87. The van der Waals surface area contributed by atoms with Crippen LogP contribution in [0.4, 0.5) is 0 Å². The molecule has 10 aromatic rings. The fourth-order valence-electron chi connectivity index (χ4n) is 8.63. The highest BCUT2D eigenvalue weighted by molar-refractivity contribution is 6.36. The Morgan fingerprint density at radius 2 is 0.968 bits per heavy atom. The molecule has 0 fully saturated rings. The molecule has 0 bridgehead atoms. The number of nitrogens with zero attached hydrogens (tertiary/aromatic N) is 3. The second-order valence-corrected chi connectivity index (χ2v) is 15.4.